The van der Waals surface area contributed by atoms with Crippen molar-refractivity contribution in [1.29, 1.82) is 0 Å². The zero-order chi connectivity index (χ0) is 41.2. The molecule has 2 aliphatic carbocycles. The minimum atomic E-state index is -0.537. The summed E-state index contributed by atoms with van der Waals surface area (Å²) in [6, 6.07) is 31.3. The number of nitrogens with one attached hydrogen (secondary N) is 2. The molecule has 2 fully saturated rings. The van der Waals surface area contributed by atoms with Crippen molar-refractivity contribution in [3.05, 3.63) is 162 Å². The van der Waals surface area contributed by atoms with E-state index in [2.05, 4.69) is 51.1 Å². The van der Waals surface area contributed by atoms with Crippen molar-refractivity contribution >= 4 is 48.7 Å². The Bertz CT molecular complexity index is 2410. The van der Waals surface area contributed by atoms with Crippen LogP contribution < -0.4 is 29.6 Å². The number of hydrogen-bond acceptors (Lipinski definition) is 10. The van der Waals surface area contributed by atoms with Crippen LogP contribution in [0.4, 0.5) is 11.6 Å². The van der Waals surface area contributed by atoms with Crippen LogP contribution in [0.2, 0.25) is 5.15 Å². The van der Waals surface area contributed by atoms with Crippen LogP contribution >= 0.6 is 25.2 Å². The number of ether oxygens (including phenoxy) is 4. The topological polar surface area (TPSA) is 147 Å². The number of aromatic nitrogens is 4. The van der Waals surface area contributed by atoms with Crippen LogP contribution in [0.5, 0.6) is 23.0 Å². The molecule has 2 aromatic heterocycles. The Labute approximate surface area is 370 Å². The zero-order valence-corrected chi connectivity index (χ0v) is 37.2. The van der Waals surface area contributed by atoms with E-state index in [0.717, 1.165) is 59.4 Å². The van der Waals surface area contributed by atoms with Crippen LogP contribution in [0.25, 0.3) is 0 Å². The molecule has 4 aromatic carbocycles. The van der Waals surface area contributed by atoms with Crippen molar-refractivity contribution in [2.75, 3.05) is 24.2 Å². The molecule has 15 heteroatoms. The Kier molecular flexibility index (Phi) is 14.8. The van der Waals surface area contributed by atoms with E-state index < -0.39 is 10.8 Å². The summed E-state index contributed by atoms with van der Waals surface area (Å²) in [5.41, 5.74) is 3.84. The van der Waals surface area contributed by atoms with E-state index in [9.17, 15) is 9.59 Å². The maximum absolute atomic E-state index is 13.0. The fraction of sp³-hybridized carbons (Fsp3) is 0.222. The standard InChI is InChI=1S/C22H19N3O3.C15H12ClN3O3.C7H7.CH4.BrH.Zn/c26-21(22(8-9-22)16-6-7-18-19(11-16)28-14-27-18)25-20-13-23-12-17(24-20)10-15-4-2-1-3-5-15;16-12-6-17-7-13(18-12)19-14(20)15(3-4-15)9-1-2-10-11(5-9)22-8-21-10;1-7-5-3-2-4-6-7;;;/h1-7,11-13H,8-10,14H2,(H,24,25,26);1-2,5-7H,3-4,8H2,(H,18,19,20);2-6H,1H2;1H4;1H;/q;;-1;;;+2/p-1. The Morgan fingerprint density at radius 3 is 1.58 bits per heavy atom. The number of hydrogen-bond donors (Lipinski definition) is 2. The Balaban J connectivity index is 0.000000168. The number of carbonyl (C=O) groups is 2. The third kappa shape index (κ3) is 10.6. The number of amides is 2. The SMILES string of the molecule is C.O=C(Nc1cncc(Cc2ccccc2)n1)C1(c2ccc3c(c2)OCO3)CC1.O=C(Nc1cncc(Cl)n1)C1(c2ccc3c(c2)OCO3)CC1.[CH2-]c1ccccc1.[Zn+][Br]. The van der Waals surface area contributed by atoms with Crippen molar-refractivity contribution in [3.63, 3.8) is 0 Å². The van der Waals surface area contributed by atoms with E-state index in [1.807, 2.05) is 97.1 Å². The van der Waals surface area contributed by atoms with Crippen molar-refractivity contribution < 1.29 is 44.9 Å². The summed E-state index contributed by atoms with van der Waals surface area (Å²) in [5.74, 6) is 3.47. The number of rotatable bonds is 8. The number of nitrogens with zero attached hydrogens (tertiary/aromatic N) is 4. The first-order chi connectivity index (χ1) is 28.8. The van der Waals surface area contributed by atoms with Crippen LogP contribution in [-0.2, 0) is 43.2 Å². The number of carbonyl (C=O) groups excluding carboxylic acids is 2. The van der Waals surface area contributed by atoms with E-state index in [1.54, 1.807) is 12.4 Å². The molecule has 2 saturated carbocycles. The molecular weight excluding hydrogens is 901 g/mol. The first-order valence-corrected chi connectivity index (χ1v) is 26.0. The first kappa shape index (κ1) is 44.0. The molecule has 2 N–H and O–H groups in total. The number of fused-ring (bicyclic) bond motifs is 2. The molecule has 6 aromatic rings. The molecule has 0 atom stereocenters. The normalized spacial score (nSPS) is 14.8. The van der Waals surface area contributed by atoms with Crippen LogP contribution in [0.3, 0.4) is 0 Å². The first-order valence-electron chi connectivity index (χ1n) is 18.7. The molecule has 4 heterocycles. The summed E-state index contributed by atoms with van der Waals surface area (Å²) in [6.07, 6.45) is 10.0. The molecule has 10 rings (SSSR count). The van der Waals surface area contributed by atoms with Gasteiger partial charge in [0.15, 0.2) is 34.6 Å². The summed E-state index contributed by atoms with van der Waals surface area (Å²) in [5, 5.41) is 5.98. The fourth-order valence-electron chi connectivity index (χ4n) is 6.64. The Hall–Kier alpha value is -5.56. The molecule has 0 bridgehead atoms. The van der Waals surface area contributed by atoms with Gasteiger partial charge in [-0.2, -0.15) is 24.6 Å². The number of halogens is 2. The van der Waals surface area contributed by atoms with Gasteiger partial charge < -0.3 is 29.6 Å². The average molecular weight is 944 g/mol. The zero-order valence-electron chi connectivity index (χ0n) is 31.9. The van der Waals surface area contributed by atoms with E-state index in [1.165, 1.54) is 28.7 Å². The predicted molar refractivity (Wildman–Crippen MR) is 229 cm³/mol. The van der Waals surface area contributed by atoms with Crippen LogP contribution in [-0.4, -0.2) is 45.3 Å². The van der Waals surface area contributed by atoms with Crippen LogP contribution in [0, 0.1) is 6.92 Å². The van der Waals surface area contributed by atoms with Crippen LogP contribution in [0.15, 0.2) is 122 Å². The van der Waals surface area contributed by atoms with Gasteiger partial charge >= 0.3 is 30.0 Å². The molecule has 2 amide bonds. The summed E-state index contributed by atoms with van der Waals surface area (Å²) < 4.78 is 21.5. The second-order valence-electron chi connectivity index (χ2n) is 14.0. The van der Waals surface area contributed by atoms with Gasteiger partial charge in [-0.25, -0.2) is 9.97 Å². The molecule has 12 nitrogen and oxygen atoms in total. The quantitative estimate of drug-likeness (QED) is 0.112. The number of anilines is 2. The molecule has 0 unspecified atom stereocenters. The molecule has 2 aliphatic heterocycles. The molecule has 4 aliphatic rings. The Morgan fingerprint density at radius 2 is 1.12 bits per heavy atom. The summed E-state index contributed by atoms with van der Waals surface area (Å²) in [7, 11) is 0. The molecule has 304 valence electrons. The molecule has 60 heavy (non-hydrogen) atoms. The van der Waals surface area contributed by atoms with E-state index >= 15 is 0 Å². The van der Waals surface area contributed by atoms with Gasteiger partial charge in [0, 0.05) is 12.6 Å². The predicted octanol–water partition coefficient (Wildman–Crippen LogP) is 9.34. The van der Waals surface area contributed by atoms with Gasteiger partial charge in [0.25, 0.3) is 0 Å². The summed E-state index contributed by atoms with van der Waals surface area (Å²) >= 11 is 10.0. The average Bonchev–Trinajstić information content (AvgIpc) is 4.16. The van der Waals surface area contributed by atoms with Crippen molar-refractivity contribution in [2.45, 2.75) is 50.4 Å². The molecular formula is C45H42BrClN6O6Zn. The van der Waals surface area contributed by atoms with Gasteiger partial charge in [-0.15, -0.1) is 12.1 Å². The van der Waals surface area contributed by atoms with Gasteiger partial charge in [-0.1, -0.05) is 67.6 Å². The van der Waals surface area contributed by atoms with Crippen molar-refractivity contribution in [3.8, 4) is 23.0 Å². The number of benzene rings is 4. The van der Waals surface area contributed by atoms with Gasteiger partial charge in [-0.05, 0) is 66.6 Å². The van der Waals surface area contributed by atoms with E-state index in [4.69, 9.17) is 30.5 Å². The van der Waals surface area contributed by atoms with Crippen molar-refractivity contribution in [2.24, 2.45) is 0 Å². The maximum atomic E-state index is 13.0. The molecule has 0 saturated heterocycles. The van der Waals surface area contributed by atoms with Gasteiger partial charge in [0.2, 0.25) is 25.4 Å². The van der Waals surface area contributed by atoms with Crippen LogP contribution in [0.1, 0.15) is 61.1 Å². The second kappa shape index (κ2) is 20.1. The van der Waals surface area contributed by atoms with E-state index in [-0.39, 0.29) is 38.0 Å². The molecule has 0 radical (unpaired) electrons. The van der Waals surface area contributed by atoms with Gasteiger partial charge in [0.05, 0.1) is 35.1 Å². The van der Waals surface area contributed by atoms with Gasteiger partial charge in [0.1, 0.15) is 5.15 Å². The third-order valence-electron chi connectivity index (χ3n) is 10.1. The monoisotopic (exact) mass is 940 g/mol. The Morgan fingerprint density at radius 1 is 0.650 bits per heavy atom. The summed E-state index contributed by atoms with van der Waals surface area (Å²) in [6.45, 7) is 4.16. The van der Waals surface area contributed by atoms with E-state index in [0.29, 0.717) is 35.3 Å². The van der Waals surface area contributed by atoms with Crippen molar-refractivity contribution in [1.82, 2.24) is 19.9 Å². The minimum absolute atomic E-state index is 0. The summed E-state index contributed by atoms with van der Waals surface area (Å²) in [4.78, 5) is 42.4. The molecule has 0 spiro atoms. The van der Waals surface area contributed by atoms with Gasteiger partial charge in [-0.3, -0.25) is 19.6 Å². The third-order valence-corrected chi connectivity index (χ3v) is 10.2. The fourth-order valence-corrected chi connectivity index (χ4v) is 6.79. The second-order valence-corrected chi connectivity index (χ2v) is 14.4.